The number of Topliss-reactive ketones (excluding diaryl/α,β-unsaturated/α-hetero) is 1. The van der Waals surface area contributed by atoms with Crippen LogP contribution >= 0.6 is 0 Å². The predicted molar refractivity (Wildman–Crippen MR) is 114 cm³/mol. The first-order chi connectivity index (χ1) is 14.3. The van der Waals surface area contributed by atoms with Gasteiger partial charge in [-0.05, 0) is 54.4 Å². The van der Waals surface area contributed by atoms with Crippen molar-refractivity contribution in [1.29, 1.82) is 0 Å². The number of ether oxygens (including phenoxy) is 3. The number of nitrogens with zero attached hydrogens (tertiary/aromatic N) is 2. The van der Waals surface area contributed by atoms with Crippen molar-refractivity contribution in [2.75, 3.05) is 20.3 Å². The molecule has 174 valence electrons. The van der Waals surface area contributed by atoms with Crippen LogP contribution in [0.25, 0.3) is 0 Å². The average molecular weight is 439 g/mol. The predicted octanol–water partition coefficient (Wildman–Crippen LogP) is 1.95. The van der Waals surface area contributed by atoms with E-state index in [9.17, 15) is 14.4 Å². The van der Waals surface area contributed by atoms with Crippen LogP contribution in [0.2, 0.25) is 0 Å². The molecule has 1 rings (SSSR count). The molecule has 0 radical (unpaired) electrons. The summed E-state index contributed by atoms with van der Waals surface area (Å²) in [6.45, 7) is 10.3. The number of rotatable bonds is 11. The van der Waals surface area contributed by atoms with Crippen molar-refractivity contribution in [1.82, 2.24) is 20.6 Å². The van der Waals surface area contributed by atoms with E-state index >= 15 is 0 Å². The van der Waals surface area contributed by atoms with Gasteiger partial charge < -0.3 is 24.8 Å². The standard InChI is InChI=1S/C21H34N4O6/c1-14-23-11-15(12-24-14)30-13-17(26)16(25-18(27)21(5,6)29-7)9-8-10-22-19(28)31-20(2,3)4/h11-12,16H,8-10,13H2,1-7H3,(H,22,28)(H,25,27). The molecule has 1 atom stereocenters. The van der Waals surface area contributed by atoms with Gasteiger partial charge in [0.05, 0.1) is 18.4 Å². The largest absolute Gasteiger partial charge is 0.483 e. The van der Waals surface area contributed by atoms with E-state index in [4.69, 9.17) is 14.2 Å². The lowest BCUT2D eigenvalue weighted by Gasteiger charge is -2.26. The van der Waals surface area contributed by atoms with Gasteiger partial charge >= 0.3 is 6.09 Å². The fourth-order valence-electron chi connectivity index (χ4n) is 2.26. The second-order valence-electron chi connectivity index (χ2n) is 8.53. The lowest BCUT2D eigenvalue weighted by molar-refractivity contribution is -0.142. The smallest absolute Gasteiger partial charge is 0.407 e. The Morgan fingerprint density at radius 1 is 1.10 bits per heavy atom. The highest BCUT2D eigenvalue weighted by Crippen LogP contribution is 2.11. The van der Waals surface area contributed by atoms with Gasteiger partial charge in [-0.25, -0.2) is 14.8 Å². The minimum atomic E-state index is -1.10. The van der Waals surface area contributed by atoms with Gasteiger partial charge in [0.15, 0.2) is 11.5 Å². The molecule has 31 heavy (non-hydrogen) atoms. The molecular formula is C21H34N4O6. The van der Waals surface area contributed by atoms with Crippen LogP contribution in [0.15, 0.2) is 12.4 Å². The SMILES string of the molecule is COC(C)(C)C(=O)NC(CCCNC(=O)OC(C)(C)C)C(=O)COc1cnc(C)nc1. The maximum atomic E-state index is 12.7. The zero-order valence-electron chi connectivity index (χ0n) is 19.4. The fraction of sp³-hybridized carbons (Fsp3) is 0.667. The summed E-state index contributed by atoms with van der Waals surface area (Å²) in [7, 11) is 1.42. The van der Waals surface area contributed by atoms with E-state index < -0.39 is 29.2 Å². The van der Waals surface area contributed by atoms with Crippen molar-refractivity contribution >= 4 is 17.8 Å². The van der Waals surface area contributed by atoms with Crippen LogP contribution in [0.3, 0.4) is 0 Å². The van der Waals surface area contributed by atoms with E-state index in [-0.39, 0.29) is 18.9 Å². The number of aryl methyl sites for hydroxylation is 1. The first-order valence-electron chi connectivity index (χ1n) is 10.1. The number of hydrogen-bond donors (Lipinski definition) is 2. The molecule has 0 aliphatic rings. The molecule has 0 bridgehead atoms. The normalized spacial score (nSPS) is 12.6. The number of aromatic nitrogens is 2. The van der Waals surface area contributed by atoms with Crippen molar-refractivity contribution in [3.63, 3.8) is 0 Å². The minimum absolute atomic E-state index is 0.260. The van der Waals surface area contributed by atoms with E-state index in [1.165, 1.54) is 19.5 Å². The lowest BCUT2D eigenvalue weighted by atomic mass is 10.0. The first kappa shape index (κ1) is 26.3. The molecule has 1 heterocycles. The lowest BCUT2D eigenvalue weighted by Crippen LogP contribution is -2.51. The zero-order valence-corrected chi connectivity index (χ0v) is 19.4. The second-order valence-corrected chi connectivity index (χ2v) is 8.53. The van der Waals surface area contributed by atoms with E-state index in [0.717, 1.165) is 0 Å². The Kier molecular flexibility index (Phi) is 9.83. The second kappa shape index (κ2) is 11.6. The Hall–Kier alpha value is -2.75. The molecule has 1 aromatic heterocycles. The van der Waals surface area contributed by atoms with Crippen molar-refractivity contribution in [3.8, 4) is 5.75 Å². The van der Waals surface area contributed by atoms with Crippen molar-refractivity contribution < 1.29 is 28.6 Å². The Morgan fingerprint density at radius 3 is 2.26 bits per heavy atom. The summed E-state index contributed by atoms with van der Waals surface area (Å²) < 4.78 is 15.8. The average Bonchev–Trinajstić information content (AvgIpc) is 2.68. The van der Waals surface area contributed by atoms with Crippen LogP contribution in [0.5, 0.6) is 5.75 Å². The highest BCUT2D eigenvalue weighted by Gasteiger charge is 2.31. The van der Waals surface area contributed by atoms with Crippen molar-refractivity contribution in [2.24, 2.45) is 0 Å². The number of carbonyl (C=O) groups is 3. The number of alkyl carbamates (subject to hydrolysis) is 1. The van der Waals surface area contributed by atoms with E-state index in [0.29, 0.717) is 24.4 Å². The van der Waals surface area contributed by atoms with Gasteiger partial charge in [-0.1, -0.05) is 0 Å². The molecule has 10 nitrogen and oxygen atoms in total. The molecule has 2 N–H and O–H groups in total. The molecule has 0 aliphatic carbocycles. The third-order valence-electron chi connectivity index (χ3n) is 4.23. The third kappa shape index (κ3) is 10.2. The number of carbonyl (C=O) groups excluding carboxylic acids is 3. The highest BCUT2D eigenvalue weighted by molar-refractivity contribution is 5.92. The number of hydrogen-bond acceptors (Lipinski definition) is 8. The third-order valence-corrected chi connectivity index (χ3v) is 4.23. The van der Waals surface area contributed by atoms with E-state index in [2.05, 4.69) is 20.6 Å². The van der Waals surface area contributed by atoms with Crippen LogP contribution in [0, 0.1) is 6.92 Å². The van der Waals surface area contributed by atoms with Crippen LogP contribution in [-0.2, 0) is 19.1 Å². The Labute approximate surface area is 183 Å². The number of ketones is 1. The monoisotopic (exact) mass is 438 g/mol. The molecule has 10 heteroatoms. The summed E-state index contributed by atoms with van der Waals surface area (Å²) in [6, 6.07) is -0.811. The van der Waals surface area contributed by atoms with Crippen LogP contribution in [0.4, 0.5) is 4.79 Å². The molecule has 0 aromatic carbocycles. The molecular weight excluding hydrogens is 404 g/mol. The van der Waals surface area contributed by atoms with E-state index in [1.807, 2.05) is 0 Å². The van der Waals surface area contributed by atoms with Gasteiger partial charge in [-0.15, -0.1) is 0 Å². The molecule has 1 aromatic rings. The van der Waals surface area contributed by atoms with Gasteiger partial charge in [0, 0.05) is 13.7 Å². The number of nitrogens with one attached hydrogen (secondary N) is 2. The quantitative estimate of drug-likeness (QED) is 0.502. The molecule has 2 amide bonds. The highest BCUT2D eigenvalue weighted by atomic mass is 16.6. The zero-order chi connectivity index (χ0) is 23.7. The van der Waals surface area contributed by atoms with E-state index in [1.54, 1.807) is 41.5 Å². The van der Waals surface area contributed by atoms with Gasteiger partial charge in [0.1, 0.15) is 23.6 Å². The Morgan fingerprint density at radius 2 is 1.71 bits per heavy atom. The van der Waals surface area contributed by atoms with Crippen molar-refractivity contribution in [3.05, 3.63) is 18.2 Å². The molecule has 1 unspecified atom stereocenters. The first-order valence-corrected chi connectivity index (χ1v) is 10.1. The summed E-state index contributed by atoms with van der Waals surface area (Å²) in [5.41, 5.74) is -1.70. The maximum absolute atomic E-state index is 12.7. The number of methoxy groups -OCH3 is 1. The summed E-state index contributed by atoms with van der Waals surface area (Å²) in [5, 5.41) is 5.34. The van der Waals surface area contributed by atoms with Crippen LogP contribution in [-0.4, -0.2) is 65.3 Å². The molecule has 0 aliphatic heterocycles. The minimum Gasteiger partial charge on any atom is -0.483 e. The summed E-state index contributed by atoms with van der Waals surface area (Å²) in [4.78, 5) is 45.0. The van der Waals surface area contributed by atoms with Gasteiger partial charge in [0.2, 0.25) is 0 Å². The van der Waals surface area contributed by atoms with Gasteiger partial charge in [-0.3, -0.25) is 9.59 Å². The molecule has 0 saturated heterocycles. The molecule has 0 saturated carbocycles. The summed E-state index contributed by atoms with van der Waals surface area (Å²) in [5.74, 6) is 0.196. The fourth-order valence-corrected chi connectivity index (χ4v) is 2.26. The number of amides is 2. The Bertz CT molecular complexity index is 743. The summed E-state index contributed by atoms with van der Waals surface area (Å²) >= 11 is 0. The van der Waals surface area contributed by atoms with Crippen LogP contribution < -0.4 is 15.4 Å². The van der Waals surface area contributed by atoms with Crippen molar-refractivity contribution in [2.45, 2.75) is 71.6 Å². The van der Waals surface area contributed by atoms with Gasteiger partial charge in [-0.2, -0.15) is 0 Å². The molecule has 0 spiro atoms. The van der Waals surface area contributed by atoms with Crippen LogP contribution in [0.1, 0.15) is 53.3 Å². The maximum Gasteiger partial charge on any atom is 0.407 e. The molecule has 0 fully saturated rings. The Balaban J connectivity index is 2.67. The van der Waals surface area contributed by atoms with Gasteiger partial charge in [0.25, 0.3) is 5.91 Å². The topological polar surface area (TPSA) is 129 Å². The summed E-state index contributed by atoms with van der Waals surface area (Å²) in [6.07, 6.45) is 3.15.